The molecule has 2 atom stereocenters. The van der Waals surface area contributed by atoms with Crippen LogP contribution < -0.4 is 10.6 Å². The van der Waals surface area contributed by atoms with E-state index in [-0.39, 0.29) is 17.9 Å². The molecule has 0 aromatic heterocycles. The Morgan fingerprint density at radius 1 is 1.53 bits per heavy atom. The van der Waals surface area contributed by atoms with Crippen molar-refractivity contribution in [3.63, 3.8) is 0 Å². The Morgan fingerprint density at radius 2 is 2.33 bits per heavy atom. The second kappa shape index (κ2) is 6.41. The summed E-state index contributed by atoms with van der Waals surface area (Å²) in [4.78, 5) is 11.3. The number of carbonyl (C=O) groups is 1. The van der Waals surface area contributed by atoms with Gasteiger partial charge in [0.25, 0.3) is 0 Å². The van der Waals surface area contributed by atoms with Gasteiger partial charge in [-0.05, 0) is 19.3 Å². The Morgan fingerprint density at radius 3 is 3.00 bits per heavy atom. The van der Waals surface area contributed by atoms with E-state index in [0.717, 1.165) is 32.2 Å². The monoisotopic (exact) mass is 209 g/mol. The van der Waals surface area contributed by atoms with Crippen LogP contribution in [0.25, 0.3) is 0 Å². The fraction of sp³-hybridized carbons (Fsp3) is 0.818. The zero-order chi connectivity index (χ0) is 11.1. The number of carbonyl (C=O) groups excluding carboxylic acids is 1. The Bertz CT molecular complexity index is 247. The van der Waals surface area contributed by atoms with E-state index in [9.17, 15) is 4.79 Å². The highest BCUT2D eigenvalue weighted by Gasteiger charge is 2.26. The molecular weight excluding hydrogens is 190 g/mol. The van der Waals surface area contributed by atoms with Gasteiger partial charge in [0.15, 0.2) is 0 Å². The van der Waals surface area contributed by atoms with Crippen molar-refractivity contribution in [1.82, 2.24) is 10.6 Å². The fourth-order valence-corrected chi connectivity index (χ4v) is 1.91. The van der Waals surface area contributed by atoms with E-state index in [1.165, 1.54) is 0 Å². The third-order valence-electron chi connectivity index (χ3n) is 2.78. The molecule has 1 fully saturated rings. The molecule has 0 spiro atoms. The minimum atomic E-state index is 0.0282. The summed E-state index contributed by atoms with van der Waals surface area (Å²) >= 11 is 0. The van der Waals surface area contributed by atoms with Crippen molar-refractivity contribution in [3.8, 4) is 6.07 Å². The molecule has 4 heteroatoms. The molecule has 0 heterocycles. The van der Waals surface area contributed by atoms with Gasteiger partial charge in [-0.25, -0.2) is 0 Å². The number of nitrogens with one attached hydrogen (secondary N) is 2. The number of hydrogen-bond acceptors (Lipinski definition) is 3. The molecule has 0 radical (unpaired) electrons. The van der Waals surface area contributed by atoms with Crippen molar-refractivity contribution < 1.29 is 4.79 Å². The van der Waals surface area contributed by atoms with Crippen molar-refractivity contribution in [2.24, 2.45) is 5.92 Å². The highest BCUT2D eigenvalue weighted by Crippen LogP contribution is 2.24. The molecule has 0 aromatic carbocycles. The first-order valence-electron chi connectivity index (χ1n) is 5.67. The van der Waals surface area contributed by atoms with Crippen LogP contribution in [-0.2, 0) is 4.79 Å². The molecule has 1 amide bonds. The van der Waals surface area contributed by atoms with Crippen molar-refractivity contribution in [2.45, 2.75) is 38.6 Å². The third-order valence-corrected chi connectivity index (χ3v) is 2.78. The average molecular weight is 209 g/mol. The van der Waals surface area contributed by atoms with Crippen molar-refractivity contribution in [2.75, 3.05) is 13.1 Å². The zero-order valence-electron chi connectivity index (χ0n) is 9.25. The van der Waals surface area contributed by atoms with Gasteiger partial charge in [0.05, 0.1) is 18.5 Å². The minimum Gasteiger partial charge on any atom is -0.355 e. The van der Waals surface area contributed by atoms with Crippen molar-refractivity contribution >= 4 is 5.91 Å². The van der Waals surface area contributed by atoms with E-state index < -0.39 is 0 Å². The molecule has 1 saturated carbocycles. The molecule has 1 aliphatic carbocycles. The number of nitrogens with zero attached hydrogens (tertiary/aromatic N) is 1. The summed E-state index contributed by atoms with van der Waals surface area (Å²) in [5.74, 6) is 0.115. The molecule has 0 bridgehead atoms. The quantitative estimate of drug-likeness (QED) is 0.703. The van der Waals surface area contributed by atoms with Crippen LogP contribution >= 0.6 is 0 Å². The molecule has 2 unspecified atom stereocenters. The molecule has 84 valence electrons. The first kappa shape index (κ1) is 12.0. The number of hydrogen-bond donors (Lipinski definition) is 2. The lowest BCUT2D eigenvalue weighted by Gasteiger charge is -2.14. The molecule has 1 aliphatic rings. The fourth-order valence-electron chi connectivity index (χ4n) is 1.91. The SMILES string of the molecule is CCCNC(=O)CNC1CCCC1C#N. The van der Waals surface area contributed by atoms with Gasteiger partial charge in [-0.1, -0.05) is 13.3 Å². The lowest BCUT2D eigenvalue weighted by molar-refractivity contribution is -0.120. The lowest BCUT2D eigenvalue weighted by atomic mass is 10.1. The van der Waals surface area contributed by atoms with Crippen LogP contribution in [0.3, 0.4) is 0 Å². The lowest BCUT2D eigenvalue weighted by Crippen LogP contribution is -2.40. The predicted molar refractivity (Wildman–Crippen MR) is 58.0 cm³/mol. The van der Waals surface area contributed by atoms with E-state index >= 15 is 0 Å². The molecule has 1 rings (SSSR count). The van der Waals surface area contributed by atoms with Gasteiger partial charge in [-0.15, -0.1) is 0 Å². The van der Waals surface area contributed by atoms with Crippen molar-refractivity contribution in [3.05, 3.63) is 0 Å². The smallest absolute Gasteiger partial charge is 0.233 e. The largest absolute Gasteiger partial charge is 0.355 e. The predicted octanol–water partition coefficient (Wildman–Crippen LogP) is 0.794. The Hall–Kier alpha value is -1.08. The topological polar surface area (TPSA) is 64.9 Å². The first-order valence-corrected chi connectivity index (χ1v) is 5.67. The zero-order valence-corrected chi connectivity index (χ0v) is 9.25. The summed E-state index contributed by atoms with van der Waals surface area (Å²) in [6.45, 7) is 3.09. The maximum Gasteiger partial charge on any atom is 0.233 e. The summed E-state index contributed by atoms with van der Waals surface area (Å²) in [5, 5.41) is 14.8. The molecule has 4 nitrogen and oxygen atoms in total. The van der Waals surface area contributed by atoms with E-state index in [2.05, 4.69) is 16.7 Å². The van der Waals surface area contributed by atoms with Gasteiger partial charge in [0, 0.05) is 12.6 Å². The van der Waals surface area contributed by atoms with Crippen LogP contribution in [0.1, 0.15) is 32.6 Å². The molecule has 0 saturated heterocycles. The Labute approximate surface area is 91.0 Å². The van der Waals surface area contributed by atoms with Crippen LogP contribution in [0.5, 0.6) is 0 Å². The van der Waals surface area contributed by atoms with Gasteiger partial charge in [-0.2, -0.15) is 5.26 Å². The van der Waals surface area contributed by atoms with Crippen LogP contribution in [0.15, 0.2) is 0 Å². The molecule has 0 aliphatic heterocycles. The highest BCUT2D eigenvalue weighted by atomic mass is 16.1. The first-order chi connectivity index (χ1) is 7.27. The van der Waals surface area contributed by atoms with E-state index in [1.54, 1.807) is 0 Å². The summed E-state index contributed by atoms with van der Waals surface area (Å²) in [6, 6.07) is 2.50. The van der Waals surface area contributed by atoms with E-state index in [4.69, 9.17) is 5.26 Å². The standard InChI is InChI=1S/C11H19N3O/c1-2-6-13-11(15)8-14-10-5-3-4-9(10)7-12/h9-10,14H,2-6,8H2,1H3,(H,13,15). The van der Waals surface area contributed by atoms with E-state index in [1.807, 2.05) is 6.92 Å². The summed E-state index contributed by atoms with van der Waals surface area (Å²) in [5.41, 5.74) is 0. The normalized spacial score (nSPS) is 24.8. The maximum absolute atomic E-state index is 11.3. The van der Waals surface area contributed by atoms with Gasteiger partial charge in [0.1, 0.15) is 0 Å². The molecule has 2 N–H and O–H groups in total. The van der Waals surface area contributed by atoms with Crippen LogP contribution in [0.2, 0.25) is 0 Å². The van der Waals surface area contributed by atoms with Gasteiger partial charge >= 0.3 is 0 Å². The number of amides is 1. The Balaban J connectivity index is 2.19. The summed E-state index contributed by atoms with van der Waals surface area (Å²) in [6.07, 6.45) is 4.02. The molecule has 0 aromatic rings. The second-order valence-corrected chi connectivity index (χ2v) is 4.00. The second-order valence-electron chi connectivity index (χ2n) is 4.00. The minimum absolute atomic E-state index is 0.0282. The number of nitriles is 1. The van der Waals surface area contributed by atoms with Crippen LogP contribution in [-0.4, -0.2) is 25.0 Å². The molecule has 15 heavy (non-hydrogen) atoms. The average Bonchev–Trinajstić information content (AvgIpc) is 2.70. The highest BCUT2D eigenvalue weighted by molar-refractivity contribution is 5.77. The van der Waals surface area contributed by atoms with Crippen molar-refractivity contribution in [1.29, 1.82) is 5.26 Å². The van der Waals surface area contributed by atoms with Crippen LogP contribution in [0, 0.1) is 17.2 Å². The van der Waals surface area contributed by atoms with Crippen LogP contribution in [0.4, 0.5) is 0 Å². The summed E-state index contributed by atoms with van der Waals surface area (Å²) in [7, 11) is 0. The van der Waals surface area contributed by atoms with Gasteiger partial charge in [-0.3, -0.25) is 4.79 Å². The Kier molecular flexibility index (Phi) is 5.13. The van der Waals surface area contributed by atoms with E-state index in [0.29, 0.717) is 6.54 Å². The van der Waals surface area contributed by atoms with Gasteiger partial charge < -0.3 is 10.6 Å². The molecular formula is C11H19N3O. The summed E-state index contributed by atoms with van der Waals surface area (Å²) < 4.78 is 0. The maximum atomic E-state index is 11.3. The van der Waals surface area contributed by atoms with Gasteiger partial charge in [0.2, 0.25) is 5.91 Å². The number of rotatable bonds is 5. The third kappa shape index (κ3) is 3.88.